The highest BCUT2D eigenvalue weighted by Crippen LogP contribution is 2.72. The minimum Gasteiger partial charge on any atom is -0.481 e. The number of aliphatic hydroxyl groups is 1. The summed E-state index contributed by atoms with van der Waals surface area (Å²) in [7, 11) is 0. The normalized spacial score (nSPS) is 52.4. The van der Waals surface area contributed by atoms with Gasteiger partial charge in [0.25, 0.3) is 0 Å². The molecular weight excluding hydrogens is 408 g/mol. The van der Waals surface area contributed by atoms with Gasteiger partial charge in [-0.1, -0.05) is 60.1 Å². The smallest absolute Gasteiger partial charge is 0.310 e. The van der Waals surface area contributed by atoms with Crippen molar-refractivity contribution >= 4 is 5.97 Å². The first-order valence-corrected chi connectivity index (χ1v) is 13.8. The first-order valence-electron chi connectivity index (χ1n) is 13.8. The monoisotopic (exact) mass is 456 g/mol. The molecule has 5 aliphatic rings. The number of aliphatic hydroxyl groups excluding tert-OH is 1. The summed E-state index contributed by atoms with van der Waals surface area (Å²) >= 11 is 0. The summed E-state index contributed by atoms with van der Waals surface area (Å²) in [6.07, 6.45) is 11.7. The van der Waals surface area contributed by atoms with Crippen molar-refractivity contribution in [3.8, 4) is 0 Å². The molecule has 5 aliphatic carbocycles. The highest BCUT2D eigenvalue weighted by atomic mass is 16.4. The lowest BCUT2D eigenvalue weighted by Crippen LogP contribution is -2.63. The van der Waals surface area contributed by atoms with Crippen molar-refractivity contribution in [2.45, 2.75) is 112 Å². The highest BCUT2D eigenvalue weighted by Gasteiger charge is 2.67. The van der Waals surface area contributed by atoms with E-state index in [9.17, 15) is 15.0 Å². The van der Waals surface area contributed by atoms with Crippen molar-refractivity contribution < 1.29 is 15.0 Å². The van der Waals surface area contributed by atoms with Crippen LogP contribution in [0.2, 0.25) is 0 Å². The maximum atomic E-state index is 12.8. The molecule has 5 rings (SSSR count). The van der Waals surface area contributed by atoms with Gasteiger partial charge in [-0.2, -0.15) is 0 Å². The molecule has 4 saturated carbocycles. The maximum absolute atomic E-state index is 12.8. The summed E-state index contributed by atoms with van der Waals surface area (Å²) in [4.78, 5) is 12.8. The summed E-state index contributed by atoms with van der Waals surface area (Å²) in [5, 5.41) is 21.4. The Balaban J connectivity index is 1.59. The average Bonchev–Trinajstić information content (AvgIpc) is 2.70. The van der Waals surface area contributed by atoms with Crippen LogP contribution in [0.5, 0.6) is 0 Å². The number of aliphatic carboxylic acids is 1. The molecule has 0 aromatic carbocycles. The second-order valence-corrected chi connectivity index (χ2v) is 15.0. The third kappa shape index (κ3) is 3.06. The third-order valence-electron chi connectivity index (χ3n) is 12.5. The molecule has 0 aromatic rings. The first-order chi connectivity index (χ1) is 15.2. The van der Waals surface area contributed by atoms with Crippen LogP contribution in [0.4, 0.5) is 0 Å². The van der Waals surface area contributed by atoms with Crippen LogP contribution in [-0.2, 0) is 4.79 Å². The molecule has 4 fully saturated rings. The molecule has 2 N–H and O–H groups in total. The van der Waals surface area contributed by atoms with Gasteiger partial charge in [0.05, 0.1) is 11.5 Å². The van der Waals surface area contributed by atoms with Crippen LogP contribution in [0.1, 0.15) is 106 Å². The highest BCUT2D eigenvalue weighted by molar-refractivity contribution is 5.76. The van der Waals surface area contributed by atoms with E-state index in [1.165, 1.54) is 18.4 Å². The van der Waals surface area contributed by atoms with Gasteiger partial charge in [0.1, 0.15) is 0 Å². The Kier molecular flexibility index (Phi) is 5.15. The van der Waals surface area contributed by atoms with Crippen LogP contribution in [0.15, 0.2) is 11.6 Å². The van der Waals surface area contributed by atoms with E-state index in [4.69, 9.17) is 0 Å². The summed E-state index contributed by atoms with van der Waals surface area (Å²) in [6, 6.07) is 0. The molecule has 0 aromatic heterocycles. The second kappa shape index (κ2) is 7.11. The van der Waals surface area contributed by atoms with E-state index in [-0.39, 0.29) is 33.7 Å². The van der Waals surface area contributed by atoms with Gasteiger partial charge in [-0.3, -0.25) is 4.79 Å². The Morgan fingerprint density at radius 1 is 0.909 bits per heavy atom. The molecule has 0 spiro atoms. The number of hydrogen-bond acceptors (Lipinski definition) is 2. The number of rotatable bonds is 1. The fourth-order valence-electron chi connectivity index (χ4n) is 10.9. The number of carbonyl (C=O) groups is 1. The zero-order valence-electron chi connectivity index (χ0n) is 22.2. The lowest BCUT2D eigenvalue weighted by molar-refractivity contribution is -0.194. The summed E-state index contributed by atoms with van der Waals surface area (Å²) < 4.78 is 0. The number of hydrogen-bond donors (Lipinski definition) is 2. The van der Waals surface area contributed by atoms with Crippen LogP contribution < -0.4 is 0 Å². The minimum absolute atomic E-state index is 0.0254. The zero-order valence-corrected chi connectivity index (χ0v) is 22.2. The van der Waals surface area contributed by atoms with Crippen LogP contribution in [0.25, 0.3) is 0 Å². The van der Waals surface area contributed by atoms with Crippen molar-refractivity contribution in [1.82, 2.24) is 0 Å². The van der Waals surface area contributed by atoms with Crippen molar-refractivity contribution in [3.63, 3.8) is 0 Å². The van der Waals surface area contributed by atoms with Crippen molar-refractivity contribution in [3.05, 3.63) is 11.6 Å². The molecule has 0 heterocycles. The van der Waals surface area contributed by atoms with Gasteiger partial charge in [-0.15, -0.1) is 0 Å². The van der Waals surface area contributed by atoms with E-state index in [2.05, 4.69) is 54.5 Å². The van der Waals surface area contributed by atoms with Gasteiger partial charge in [0.2, 0.25) is 0 Å². The topological polar surface area (TPSA) is 57.5 Å². The molecule has 9 atom stereocenters. The maximum Gasteiger partial charge on any atom is 0.310 e. The quantitative estimate of drug-likeness (QED) is 0.414. The number of fused-ring (bicyclic) bond motifs is 7. The molecule has 9 unspecified atom stereocenters. The molecule has 3 heteroatoms. The molecule has 0 aliphatic heterocycles. The van der Waals surface area contributed by atoms with E-state index in [1.54, 1.807) is 0 Å². The van der Waals surface area contributed by atoms with E-state index < -0.39 is 11.4 Å². The Bertz CT molecular complexity index is 870. The average molecular weight is 457 g/mol. The minimum atomic E-state index is -0.557. The second-order valence-electron chi connectivity index (χ2n) is 15.0. The molecule has 186 valence electrons. The zero-order chi connectivity index (χ0) is 24.2. The van der Waals surface area contributed by atoms with Crippen LogP contribution in [0, 0.1) is 56.7 Å². The fourth-order valence-corrected chi connectivity index (χ4v) is 10.9. The van der Waals surface area contributed by atoms with Gasteiger partial charge in [0.15, 0.2) is 0 Å². The number of carboxylic acids is 1. The summed E-state index contributed by atoms with van der Waals surface area (Å²) in [5.41, 5.74) is 1.66. The van der Waals surface area contributed by atoms with Crippen LogP contribution >= 0.6 is 0 Å². The molecule has 0 amide bonds. The van der Waals surface area contributed by atoms with E-state index in [0.29, 0.717) is 23.7 Å². The van der Waals surface area contributed by atoms with Crippen LogP contribution in [-0.4, -0.2) is 22.3 Å². The third-order valence-corrected chi connectivity index (χ3v) is 12.5. The SMILES string of the molecule is CC1CC2(C(=O)O)CCC(C)(C)CC2C2=CCC3C(C)(CCC4C(C)(C)C(O)CCC43C)C21. The molecule has 0 bridgehead atoms. The summed E-state index contributed by atoms with van der Waals surface area (Å²) in [6.45, 7) is 16.8. The molecular formula is C30H48O3. The Morgan fingerprint density at radius 3 is 2.24 bits per heavy atom. The Morgan fingerprint density at radius 2 is 1.58 bits per heavy atom. The molecule has 0 saturated heterocycles. The fraction of sp³-hybridized carbons (Fsp3) is 0.900. The predicted octanol–water partition coefficient (Wildman–Crippen LogP) is 7.09. The standard InChI is InChI=1S/C30H48O3/c1-18-16-30(25(32)33)15-14-26(2,3)17-20(30)19-8-9-22-28(6)13-11-23(31)27(4,5)21(28)10-12-29(22,7)24(18)19/h8,18,20-24,31H,9-17H2,1-7H3,(H,32,33). The number of allylic oxidation sites excluding steroid dienone is 2. The molecule has 3 nitrogen and oxygen atoms in total. The molecule has 33 heavy (non-hydrogen) atoms. The predicted molar refractivity (Wildman–Crippen MR) is 133 cm³/mol. The van der Waals surface area contributed by atoms with Crippen molar-refractivity contribution in [1.29, 1.82) is 0 Å². The van der Waals surface area contributed by atoms with E-state index in [1.807, 2.05) is 0 Å². The lowest BCUT2D eigenvalue weighted by Gasteiger charge is -2.69. The summed E-state index contributed by atoms with van der Waals surface area (Å²) in [5.74, 6) is 1.77. The van der Waals surface area contributed by atoms with Gasteiger partial charge in [-0.05, 0) is 109 Å². The van der Waals surface area contributed by atoms with E-state index >= 15 is 0 Å². The van der Waals surface area contributed by atoms with Gasteiger partial charge >= 0.3 is 5.97 Å². The van der Waals surface area contributed by atoms with Gasteiger partial charge in [-0.25, -0.2) is 0 Å². The Labute approximate surface area is 201 Å². The first kappa shape index (κ1) is 23.9. The number of carboxylic acid groups (broad SMARTS) is 1. The van der Waals surface area contributed by atoms with Crippen molar-refractivity contribution in [2.24, 2.45) is 56.7 Å². The Hall–Kier alpha value is -0.830. The molecule has 0 radical (unpaired) electrons. The largest absolute Gasteiger partial charge is 0.481 e. The van der Waals surface area contributed by atoms with Gasteiger partial charge < -0.3 is 10.2 Å². The van der Waals surface area contributed by atoms with Crippen LogP contribution in [0.3, 0.4) is 0 Å². The van der Waals surface area contributed by atoms with E-state index in [0.717, 1.165) is 44.9 Å². The lowest BCUT2D eigenvalue weighted by atomic mass is 9.36. The van der Waals surface area contributed by atoms with Gasteiger partial charge in [0, 0.05) is 0 Å². The van der Waals surface area contributed by atoms with Crippen molar-refractivity contribution in [2.75, 3.05) is 0 Å².